The molecule has 1 N–H and O–H groups in total. The Morgan fingerprint density at radius 1 is 1.15 bits per heavy atom. The summed E-state index contributed by atoms with van der Waals surface area (Å²) in [6.45, 7) is 1.79. The van der Waals surface area contributed by atoms with Gasteiger partial charge in [-0.25, -0.2) is 0 Å². The number of benzene rings is 2. The summed E-state index contributed by atoms with van der Waals surface area (Å²) in [7, 11) is 0. The highest BCUT2D eigenvalue weighted by Crippen LogP contribution is 2.37. The van der Waals surface area contributed by atoms with E-state index in [1.807, 2.05) is 6.07 Å². The Bertz CT molecular complexity index is 782. The molecule has 0 unspecified atom stereocenters. The zero-order valence-electron chi connectivity index (χ0n) is 14.1. The number of hydrogen-bond donors (Lipinski definition) is 1. The van der Waals surface area contributed by atoms with Crippen LogP contribution in [0.3, 0.4) is 0 Å². The molecule has 0 saturated heterocycles. The van der Waals surface area contributed by atoms with Gasteiger partial charge < -0.3 is 19.5 Å². The van der Waals surface area contributed by atoms with Crippen LogP contribution < -0.4 is 19.5 Å². The first-order valence-electron chi connectivity index (χ1n) is 8.35. The van der Waals surface area contributed by atoms with E-state index < -0.39 is 0 Å². The molecular formula is C19H19Cl2NO4. The third-order valence-electron chi connectivity index (χ3n) is 3.75. The van der Waals surface area contributed by atoms with Gasteiger partial charge in [0.25, 0.3) is 0 Å². The average Bonchev–Trinajstić information content (AvgIpc) is 2.86. The number of rotatable bonds is 6. The Labute approximate surface area is 162 Å². The van der Waals surface area contributed by atoms with Crippen LogP contribution in [0.5, 0.6) is 17.2 Å². The number of nitrogens with one attached hydrogen (secondary N) is 1. The summed E-state index contributed by atoms with van der Waals surface area (Å²) in [6.07, 6.45) is 1.05. The number of amides is 1. The summed E-state index contributed by atoms with van der Waals surface area (Å²) < 4.78 is 16.8. The van der Waals surface area contributed by atoms with Crippen molar-refractivity contribution in [1.29, 1.82) is 0 Å². The third kappa shape index (κ3) is 5.19. The Morgan fingerprint density at radius 3 is 2.85 bits per heavy atom. The van der Waals surface area contributed by atoms with Crippen molar-refractivity contribution in [3.8, 4) is 17.2 Å². The summed E-state index contributed by atoms with van der Waals surface area (Å²) >= 11 is 12.1. The van der Waals surface area contributed by atoms with E-state index in [1.54, 1.807) is 30.3 Å². The molecule has 0 radical (unpaired) electrons. The summed E-state index contributed by atoms with van der Waals surface area (Å²) in [6, 6.07) is 10.7. The number of carbonyl (C=O) groups excluding carboxylic acids is 1. The lowest BCUT2D eigenvalue weighted by Gasteiger charge is -2.12. The van der Waals surface area contributed by atoms with Crippen molar-refractivity contribution in [2.45, 2.75) is 19.4 Å². The highest BCUT2D eigenvalue weighted by Gasteiger charge is 2.15. The van der Waals surface area contributed by atoms with Gasteiger partial charge in [0, 0.05) is 18.0 Å². The van der Waals surface area contributed by atoms with Crippen molar-refractivity contribution in [2.75, 3.05) is 19.8 Å². The molecule has 3 rings (SSSR count). The van der Waals surface area contributed by atoms with Crippen molar-refractivity contribution in [3.05, 3.63) is 52.0 Å². The van der Waals surface area contributed by atoms with Crippen LogP contribution in [-0.2, 0) is 11.3 Å². The molecule has 0 bridgehead atoms. The fourth-order valence-corrected chi connectivity index (χ4v) is 2.96. The minimum absolute atomic E-state index is 0.115. The second-order valence-electron chi connectivity index (χ2n) is 5.79. The van der Waals surface area contributed by atoms with Crippen LogP contribution in [-0.4, -0.2) is 25.7 Å². The third-order valence-corrected chi connectivity index (χ3v) is 4.26. The van der Waals surface area contributed by atoms with Gasteiger partial charge in [-0.2, -0.15) is 0 Å². The van der Waals surface area contributed by atoms with E-state index >= 15 is 0 Å². The second-order valence-corrected chi connectivity index (χ2v) is 6.63. The van der Waals surface area contributed by atoms with E-state index in [4.69, 9.17) is 37.4 Å². The van der Waals surface area contributed by atoms with Crippen LogP contribution in [0.4, 0.5) is 0 Å². The highest BCUT2D eigenvalue weighted by molar-refractivity contribution is 6.32. The van der Waals surface area contributed by atoms with Crippen LogP contribution in [0.1, 0.15) is 18.4 Å². The molecule has 1 amide bonds. The lowest BCUT2D eigenvalue weighted by Crippen LogP contribution is -2.24. The molecule has 26 heavy (non-hydrogen) atoms. The molecule has 1 aliphatic heterocycles. The smallest absolute Gasteiger partial charge is 0.223 e. The van der Waals surface area contributed by atoms with Gasteiger partial charge in [0.2, 0.25) is 5.91 Å². The van der Waals surface area contributed by atoms with Crippen molar-refractivity contribution >= 4 is 29.1 Å². The largest absolute Gasteiger partial charge is 0.493 e. The number of fused-ring (bicyclic) bond motifs is 1. The van der Waals surface area contributed by atoms with Crippen LogP contribution in [0, 0.1) is 0 Å². The van der Waals surface area contributed by atoms with Crippen LogP contribution in [0.25, 0.3) is 0 Å². The summed E-state index contributed by atoms with van der Waals surface area (Å²) in [4.78, 5) is 12.0. The molecule has 2 aromatic carbocycles. The van der Waals surface area contributed by atoms with Crippen LogP contribution >= 0.6 is 23.2 Å². The number of carbonyl (C=O) groups is 1. The van der Waals surface area contributed by atoms with Gasteiger partial charge in [-0.05, 0) is 35.9 Å². The SMILES string of the molecule is O=C(CCOc1cccc(Cl)c1)NCc1cc(Cl)c2c(c1)OCCCO2. The number of ether oxygens (including phenoxy) is 3. The Morgan fingerprint density at radius 2 is 2.00 bits per heavy atom. The highest BCUT2D eigenvalue weighted by atomic mass is 35.5. The average molecular weight is 396 g/mol. The van der Waals surface area contributed by atoms with E-state index in [9.17, 15) is 4.79 Å². The maximum absolute atomic E-state index is 12.0. The van der Waals surface area contributed by atoms with Gasteiger partial charge in [-0.15, -0.1) is 0 Å². The van der Waals surface area contributed by atoms with Gasteiger partial charge in [0.05, 0.1) is 31.3 Å². The van der Waals surface area contributed by atoms with Gasteiger partial charge in [0.15, 0.2) is 11.5 Å². The van der Waals surface area contributed by atoms with Crippen molar-refractivity contribution in [2.24, 2.45) is 0 Å². The molecule has 0 saturated carbocycles. The zero-order chi connectivity index (χ0) is 18.4. The standard InChI is InChI=1S/C19H19Cl2NO4/c20-14-3-1-4-15(11-14)24-8-5-18(23)22-12-13-9-16(21)19-17(10-13)25-6-2-7-26-19/h1,3-4,9-11H,2,5-8,12H2,(H,22,23). The predicted octanol–water partition coefficient (Wildman–Crippen LogP) is 4.24. The molecule has 2 aromatic rings. The fourth-order valence-electron chi connectivity index (χ4n) is 2.49. The maximum atomic E-state index is 12.0. The molecule has 0 fully saturated rings. The number of halogens is 2. The van der Waals surface area contributed by atoms with Gasteiger partial charge in [-0.3, -0.25) is 4.79 Å². The van der Waals surface area contributed by atoms with Gasteiger partial charge >= 0.3 is 0 Å². The first-order chi connectivity index (χ1) is 12.6. The molecule has 0 aliphatic carbocycles. The second kappa shape index (κ2) is 9.01. The molecule has 0 atom stereocenters. The molecule has 1 heterocycles. The van der Waals surface area contributed by atoms with Gasteiger partial charge in [0.1, 0.15) is 5.75 Å². The lowest BCUT2D eigenvalue weighted by molar-refractivity contribution is -0.121. The first kappa shape index (κ1) is 18.7. The molecule has 0 aromatic heterocycles. The van der Waals surface area contributed by atoms with Crippen LogP contribution in [0.2, 0.25) is 10.0 Å². The zero-order valence-corrected chi connectivity index (χ0v) is 15.6. The number of hydrogen-bond acceptors (Lipinski definition) is 4. The quantitative estimate of drug-likeness (QED) is 0.794. The van der Waals surface area contributed by atoms with Crippen molar-refractivity contribution < 1.29 is 19.0 Å². The van der Waals surface area contributed by atoms with E-state index in [0.29, 0.717) is 47.1 Å². The molecule has 7 heteroatoms. The Hall–Kier alpha value is -2.11. The maximum Gasteiger partial charge on any atom is 0.223 e. The van der Waals surface area contributed by atoms with E-state index in [0.717, 1.165) is 12.0 Å². The molecule has 0 spiro atoms. The van der Waals surface area contributed by atoms with E-state index in [1.165, 1.54) is 0 Å². The van der Waals surface area contributed by atoms with E-state index in [-0.39, 0.29) is 18.9 Å². The molecule has 5 nitrogen and oxygen atoms in total. The monoisotopic (exact) mass is 395 g/mol. The predicted molar refractivity (Wildman–Crippen MR) is 100 cm³/mol. The Balaban J connectivity index is 1.48. The topological polar surface area (TPSA) is 56.8 Å². The normalized spacial score (nSPS) is 13.0. The van der Waals surface area contributed by atoms with Crippen molar-refractivity contribution in [1.82, 2.24) is 5.32 Å². The lowest BCUT2D eigenvalue weighted by atomic mass is 10.2. The molecule has 138 valence electrons. The first-order valence-corrected chi connectivity index (χ1v) is 9.10. The summed E-state index contributed by atoms with van der Waals surface area (Å²) in [5, 5.41) is 3.93. The molecular weight excluding hydrogens is 377 g/mol. The van der Waals surface area contributed by atoms with E-state index in [2.05, 4.69) is 5.32 Å². The van der Waals surface area contributed by atoms with Crippen molar-refractivity contribution in [3.63, 3.8) is 0 Å². The minimum atomic E-state index is -0.115. The molecule has 1 aliphatic rings. The fraction of sp³-hybridized carbons (Fsp3) is 0.316. The Kier molecular flexibility index (Phi) is 6.47. The minimum Gasteiger partial charge on any atom is -0.493 e. The summed E-state index contributed by atoms with van der Waals surface area (Å²) in [5.41, 5.74) is 0.850. The van der Waals surface area contributed by atoms with Crippen LogP contribution in [0.15, 0.2) is 36.4 Å². The van der Waals surface area contributed by atoms with Gasteiger partial charge in [-0.1, -0.05) is 29.3 Å². The summed E-state index contributed by atoms with van der Waals surface area (Å²) in [5.74, 6) is 1.70.